The number of carboxylic acids is 1. The number of carbonyl (C=O) groups excluding carboxylic acids is 1. The van der Waals surface area contributed by atoms with Gasteiger partial charge in [-0.05, 0) is 26.0 Å². The van der Waals surface area contributed by atoms with Crippen LogP contribution in [0.25, 0.3) is 0 Å². The number of hydrogen-bond donors (Lipinski definition) is 2. The molecule has 1 aromatic rings. The molecule has 1 amide bonds. The number of sulfone groups is 1. The Bertz CT molecular complexity index is 597. The van der Waals surface area contributed by atoms with Crippen molar-refractivity contribution in [2.75, 3.05) is 5.75 Å². The molecule has 0 aliphatic carbocycles. The third kappa shape index (κ3) is 5.18. The van der Waals surface area contributed by atoms with Crippen LogP contribution in [0.15, 0.2) is 35.2 Å². The molecule has 1 aromatic carbocycles. The van der Waals surface area contributed by atoms with Gasteiger partial charge in [0.05, 0.1) is 16.6 Å². The molecule has 0 aliphatic rings. The number of nitrogens with one attached hydrogen (secondary N) is 1. The Morgan fingerprint density at radius 3 is 2.29 bits per heavy atom. The molecule has 7 heteroatoms. The number of amides is 1. The number of hydrogen-bond acceptors (Lipinski definition) is 4. The molecule has 0 saturated carbocycles. The van der Waals surface area contributed by atoms with E-state index in [0.717, 1.165) is 0 Å². The Hall–Kier alpha value is -1.89. The lowest BCUT2D eigenvalue weighted by molar-refractivity contribution is -0.142. The van der Waals surface area contributed by atoms with Crippen molar-refractivity contribution in [2.45, 2.75) is 31.2 Å². The first-order valence-electron chi connectivity index (χ1n) is 6.54. The van der Waals surface area contributed by atoms with E-state index in [2.05, 4.69) is 5.32 Å². The van der Waals surface area contributed by atoms with Gasteiger partial charge in [0.15, 0.2) is 9.84 Å². The van der Waals surface area contributed by atoms with E-state index in [1.165, 1.54) is 19.1 Å². The third-order valence-corrected chi connectivity index (χ3v) is 4.96. The molecule has 0 radical (unpaired) electrons. The van der Waals surface area contributed by atoms with Gasteiger partial charge in [0.25, 0.3) is 0 Å². The zero-order valence-electron chi connectivity index (χ0n) is 11.9. The van der Waals surface area contributed by atoms with E-state index in [0.29, 0.717) is 0 Å². The Labute approximate surface area is 124 Å². The maximum absolute atomic E-state index is 12.0. The lowest BCUT2D eigenvalue weighted by Crippen LogP contribution is -2.40. The molecule has 116 valence electrons. The molecule has 1 rings (SSSR count). The van der Waals surface area contributed by atoms with Crippen molar-refractivity contribution in [3.05, 3.63) is 30.3 Å². The molecule has 21 heavy (non-hydrogen) atoms. The van der Waals surface area contributed by atoms with Gasteiger partial charge in [0, 0.05) is 12.5 Å². The van der Waals surface area contributed by atoms with Crippen molar-refractivity contribution in [2.24, 2.45) is 5.92 Å². The number of benzene rings is 1. The highest BCUT2D eigenvalue weighted by atomic mass is 32.2. The van der Waals surface area contributed by atoms with E-state index in [9.17, 15) is 18.0 Å². The highest BCUT2D eigenvalue weighted by Gasteiger charge is 2.22. The Morgan fingerprint density at radius 1 is 1.19 bits per heavy atom. The van der Waals surface area contributed by atoms with Crippen LogP contribution < -0.4 is 5.32 Å². The molecule has 0 spiro atoms. The fraction of sp³-hybridized carbons (Fsp3) is 0.429. The average Bonchev–Trinajstić information content (AvgIpc) is 2.45. The van der Waals surface area contributed by atoms with Crippen LogP contribution in [0.4, 0.5) is 0 Å². The van der Waals surface area contributed by atoms with Crippen LogP contribution in [-0.4, -0.2) is 37.2 Å². The molecule has 0 saturated heterocycles. The van der Waals surface area contributed by atoms with Crippen LogP contribution in [-0.2, 0) is 19.4 Å². The summed E-state index contributed by atoms with van der Waals surface area (Å²) in [6, 6.07) is 7.33. The van der Waals surface area contributed by atoms with Crippen LogP contribution in [0.3, 0.4) is 0 Å². The van der Waals surface area contributed by atoms with Gasteiger partial charge in [-0.2, -0.15) is 0 Å². The maximum Gasteiger partial charge on any atom is 0.308 e. The monoisotopic (exact) mass is 313 g/mol. The van der Waals surface area contributed by atoms with E-state index in [1.54, 1.807) is 25.1 Å². The Morgan fingerprint density at radius 2 is 1.76 bits per heavy atom. The van der Waals surface area contributed by atoms with Crippen LogP contribution in [0, 0.1) is 5.92 Å². The van der Waals surface area contributed by atoms with Crippen molar-refractivity contribution in [3.8, 4) is 0 Å². The standard InChI is InChI=1S/C14H19NO5S/c1-10(14(17)18)11(2)15-13(16)8-9-21(19,20)12-6-4-3-5-7-12/h3-7,10-11H,8-9H2,1-2H3,(H,15,16)(H,17,18). The highest BCUT2D eigenvalue weighted by Crippen LogP contribution is 2.11. The fourth-order valence-corrected chi connectivity index (χ4v) is 2.90. The second-order valence-electron chi connectivity index (χ2n) is 4.87. The van der Waals surface area contributed by atoms with E-state index in [4.69, 9.17) is 5.11 Å². The SMILES string of the molecule is CC(NC(=O)CCS(=O)(=O)c1ccccc1)C(C)C(=O)O. The van der Waals surface area contributed by atoms with Gasteiger partial charge in [-0.15, -0.1) is 0 Å². The third-order valence-electron chi connectivity index (χ3n) is 3.23. The molecule has 0 aliphatic heterocycles. The molecule has 2 atom stereocenters. The fourth-order valence-electron chi connectivity index (χ4n) is 1.64. The van der Waals surface area contributed by atoms with Gasteiger partial charge in [-0.25, -0.2) is 8.42 Å². The van der Waals surface area contributed by atoms with E-state index in [1.807, 2.05) is 0 Å². The van der Waals surface area contributed by atoms with Crippen LogP contribution >= 0.6 is 0 Å². The summed E-state index contributed by atoms with van der Waals surface area (Å²) in [4.78, 5) is 22.6. The van der Waals surface area contributed by atoms with E-state index < -0.39 is 33.7 Å². The maximum atomic E-state index is 12.0. The molecule has 0 aromatic heterocycles. The van der Waals surface area contributed by atoms with Crippen molar-refractivity contribution in [1.82, 2.24) is 5.32 Å². The van der Waals surface area contributed by atoms with Crippen molar-refractivity contribution in [3.63, 3.8) is 0 Å². The zero-order valence-corrected chi connectivity index (χ0v) is 12.8. The van der Waals surface area contributed by atoms with Gasteiger partial charge < -0.3 is 10.4 Å². The molecule has 0 bridgehead atoms. The van der Waals surface area contributed by atoms with Crippen molar-refractivity contribution < 1.29 is 23.1 Å². The number of carboxylic acid groups (broad SMARTS) is 1. The second kappa shape index (κ2) is 7.21. The summed E-state index contributed by atoms with van der Waals surface area (Å²) < 4.78 is 24.0. The van der Waals surface area contributed by atoms with Crippen LogP contribution in [0.2, 0.25) is 0 Å². The molecular weight excluding hydrogens is 294 g/mol. The minimum Gasteiger partial charge on any atom is -0.481 e. The van der Waals surface area contributed by atoms with Gasteiger partial charge in [-0.3, -0.25) is 9.59 Å². The predicted molar refractivity (Wildman–Crippen MR) is 77.5 cm³/mol. The number of aliphatic carboxylic acids is 1. The topological polar surface area (TPSA) is 101 Å². The van der Waals surface area contributed by atoms with Crippen LogP contribution in [0.5, 0.6) is 0 Å². The van der Waals surface area contributed by atoms with Gasteiger partial charge in [0.1, 0.15) is 0 Å². The summed E-state index contributed by atoms with van der Waals surface area (Å²) in [6.07, 6.45) is -0.200. The Kier molecular flexibility index (Phi) is 5.90. The van der Waals surface area contributed by atoms with Crippen LogP contribution in [0.1, 0.15) is 20.3 Å². The normalized spacial score (nSPS) is 14.2. The largest absolute Gasteiger partial charge is 0.481 e. The molecular formula is C14H19NO5S. The van der Waals surface area contributed by atoms with E-state index in [-0.39, 0.29) is 17.1 Å². The lowest BCUT2D eigenvalue weighted by Gasteiger charge is -2.17. The second-order valence-corrected chi connectivity index (χ2v) is 6.97. The molecule has 2 N–H and O–H groups in total. The first kappa shape index (κ1) is 17.2. The highest BCUT2D eigenvalue weighted by molar-refractivity contribution is 7.91. The summed E-state index contributed by atoms with van der Waals surface area (Å²) >= 11 is 0. The van der Waals surface area contributed by atoms with Crippen molar-refractivity contribution >= 4 is 21.7 Å². The first-order chi connectivity index (χ1) is 9.74. The minimum atomic E-state index is -3.50. The summed E-state index contributed by atoms with van der Waals surface area (Å²) in [5.41, 5.74) is 0. The average molecular weight is 313 g/mol. The smallest absolute Gasteiger partial charge is 0.308 e. The first-order valence-corrected chi connectivity index (χ1v) is 8.19. The minimum absolute atomic E-state index is 0.171. The summed E-state index contributed by atoms with van der Waals surface area (Å²) in [7, 11) is -3.50. The Balaban J connectivity index is 2.56. The van der Waals surface area contributed by atoms with Gasteiger partial charge in [0.2, 0.25) is 5.91 Å². The lowest BCUT2D eigenvalue weighted by atomic mass is 10.0. The quantitative estimate of drug-likeness (QED) is 0.784. The molecule has 0 heterocycles. The summed E-state index contributed by atoms with van der Waals surface area (Å²) in [5, 5.41) is 11.3. The summed E-state index contributed by atoms with van der Waals surface area (Å²) in [6.45, 7) is 3.05. The zero-order chi connectivity index (χ0) is 16.0. The number of carbonyl (C=O) groups is 2. The van der Waals surface area contributed by atoms with Gasteiger partial charge >= 0.3 is 5.97 Å². The van der Waals surface area contributed by atoms with Crippen molar-refractivity contribution in [1.29, 1.82) is 0 Å². The molecule has 2 unspecified atom stereocenters. The predicted octanol–water partition coefficient (Wildman–Crippen LogP) is 1.08. The molecule has 0 fully saturated rings. The summed E-state index contributed by atoms with van der Waals surface area (Å²) in [5.74, 6) is -2.54. The van der Waals surface area contributed by atoms with Gasteiger partial charge in [-0.1, -0.05) is 18.2 Å². The number of rotatable bonds is 7. The molecule has 6 nitrogen and oxygen atoms in total. The van der Waals surface area contributed by atoms with E-state index >= 15 is 0 Å².